The van der Waals surface area contributed by atoms with Crippen molar-refractivity contribution in [3.05, 3.63) is 47.9 Å². The van der Waals surface area contributed by atoms with E-state index < -0.39 is 0 Å². The Balaban J connectivity index is 1.87. The third-order valence-corrected chi connectivity index (χ3v) is 4.98. The lowest BCUT2D eigenvalue weighted by Gasteiger charge is -2.14. The average molecular weight is 373 g/mol. The summed E-state index contributed by atoms with van der Waals surface area (Å²) in [6, 6.07) is 7.37. The van der Waals surface area contributed by atoms with Gasteiger partial charge in [0.1, 0.15) is 17.1 Å². The van der Waals surface area contributed by atoms with Crippen LogP contribution in [0.1, 0.15) is 32.2 Å². The highest BCUT2D eigenvalue weighted by Crippen LogP contribution is 2.37. The fraction of sp³-hybridized carbons (Fsp3) is 0.368. The zero-order valence-electron chi connectivity index (χ0n) is 14.5. The molecule has 136 valence electrons. The Hall–Kier alpha value is -2.31. The maximum atomic E-state index is 10.3. The molecule has 6 nitrogen and oxygen atoms in total. The number of hydrogen-bond donors (Lipinski definition) is 1. The summed E-state index contributed by atoms with van der Waals surface area (Å²) in [6.45, 7) is 2.49. The van der Waals surface area contributed by atoms with Crippen molar-refractivity contribution < 1.29 is 9.84 Å². The summed E-state index contributed by atoms with van der Waals surface area (Å²) < 4.78 is 9.42. The molecule has 1 N–H and O–H groups in total. The minimum Gasteiger partial charge on any atom is -0.493 e. The number of ether oxygens (including phenoxy) is 1. The summed E-state index contributed by atoms with van der Waals surface area (Å²) in [6.07, 6.45) is 7.89. The molecule has 2 heterocycles. The van der Waals surface area contributed by atoms with Gasteiger partial charge in [-0.3, -0.25) is 4.68 Å². The molecule has 0 radical (unpaired) electrons. The van der Waals surface area contributed by atoms with Gasteiger partial charge in [0.2, 0.25) is 0 Å². The van der Waals surface area contributed by atoms with Gasteiger partial charge < -0.3 is 9.84 Å². The molecule has 26 heavy (non-hydrogen) atoms. The van der Waals surface area contributed by atoms with Gasteiger partial charge in [-0.25, -0.2) is 4.68 Å². The van der Waals surface area contributed by atoms with E-state index in [-0.39, 0.29) is 12.1 Å². The molecule has 3 aromatic rings. The minimum absolute atomic E-state index is 0.0206. The van der Waals surface area contributed by atoms with Crippen molar-refractivity contribution in [1.29, 1.82) is 0 Å². The van der Waals surface area contributed by atoms with E-state index in [0.717, 1.165) is 42.0 Å². The Morgan fingerprint density at radius 2 is 2.23 bits per heavy atom. The molecule has 0 unspecified atom stereocenters. The van der Waals surface area contributed by atoms with Crippen LogP contribution in [0.4, 0.5) is 0 Å². The van der Waals surface area contributed by atoms with Crippen molar-refractivity contribution in [3.63, 3.8) is 0 Å². The van der Waals surface area contributed by atoms with Gasteiger partial charge in [-0.2, -0.15) is 10.2 Å². The van der Waals surface area contributed by atoms with E-state index in [9.17, 15) is 5.11 Å². The summed E-state index contributed by atoms with van der Waals surface area (Å²) in [5.74, 6) is 0.725. The van der Waals surface area contributed by atoms with Gasteiger partial charge in [-0.05, 0) is 50.5 Å². The molecule has 2 aromatic heterocycles. The smallest absolute Gasteiger partial charge is 0.128 e. The van der Waals surface area contributed by atoms with Crippen molar-refractivity contribution in [2.24, 2.45) is 0 Å². The van der Waals surface area contributed by atoms with Crippen molar-refractivity contribution in [1.82, 2.24) is 19.6 Å². The van der Waals surface area contributed by atoms with Crippen molar-refractivity contribution >= 4 is 11.6 Å². The van der Waals surface area contributed by atoms with Crippen molar-refractivity contribution in [2.75, 3.05) is 6.61 Å². The summed E-state index contributed by atoms with van der Waals surface area (Å²) in [5, 5.41) is 20.1. The fourth-order valence-corrected chi connectivity index (χ4v) is 3.69. The number of halogens is 1. The van der Waals surface area contributed by atoms with E-state index in [1.165, 1.54) is 0 Å². The maximum Gasteiger partial charge on any atom is 0.128 e. The van der Waals surface area contributed by atoms with Crippen LogP contribution in [0.15, 0.2) is 42.9 Å². The Kier molecular flexibility index (Phi) is 4.70. The number of aliphatic hydroxyl groups excluding tert-OH is 1. The largest absolute Gasteiger partial charge is 0.493 e. The van der Waals surface area contributed by atoms with Crippen LogP contribution in [0.3, 0.4) is 0 Å². The van der Waals surface area contributed by atoms with Crippen molar-refractivity contribution in [3.8, 4) is 22.7 Å². The first-order chi connectivity index (χ1) is 12.7. The highest BCUT2D eigenvalue weighted by molar-refractivity contribution is 6.31. The van der Waals surface area contributed by atoms with Crippen molar-refractivity contribution in [2.45, 2.75) is 38.3 Å². The SMILES string of the molecule is CCOc1ccc(Cl)cc1-c1nn([C@H]2CCC[C@H]2O)cc1-n1cccn1. The number of hydrogen-bond acceptors (Lipinski definition) is 4. The van der Waals surface area contributed by atoms with Crippen LogP contribution in [-0.4, -0.2) is 37.4 Å². The second kappa shape index (κ2) is 7.13. The highest BCUT2D eigenvalue weighted by atomic mass is 35.5. The number of rotatable bonds is 5. The quantitative estimate of drug-likeness (QED) is 0.738. The Morgan fingerprint density at radius 1 is 1.35 bits per heavy atom. The summed E-state index contributed by atoms with van der Waals surface area (Å²) in [4.78, 5) is 0. The second-order valence-electron chi connectivity index (χ2n) is 6.43. The van der Waals surface area contributed by atoms with Gasteiger partial charge in [0.15, 0.2) is 0 Å². The molecule has 1 fully saturated rings. The van der Waals surface area contributed by atoms with E-state index in [0.29, 0.717) is 11.6 Å². The Morgan fingerprint density at radius 3 is 2.92 bits per heavy atom. The molecular weight excluding hydrogens is 352 g/mol. The van der Waals surface area contributed by atoms with Crippen LogP contribution in [0.2, 0.25) is 5.02 Å². The third-order valence-electron chi connectivity index (χ3n) is 4.74. The molecule has 4 rings (SSSR count). The van der Waals surface area contributed by atoms with Gasteiger partial charge >= 0.3 is 0 Å². The fourth-order valence-electron chi connectivity index (χ4n) is 3.52. The Labute approximate surface area is 157 Å². The zero-order chi connectivity index (χ0) is 18.1. The van der Waals surface area contributed by atoms with E-state index in [2.05, 4.69) is 5.10 Å². The highest BCUT2D eigenvalue weighted by Gasteiger charge is 2.29. The van der Waals surface area contributed by atoms with Gasteiger partial charge in [-0.15, -0.1) is 0 Å². The molecule has 7 heteroatoms. The standard InChI is InChI=1S/C19H21ClN4O2/c1-2-26-18-8-7-13(20)11-14(18)19-16(23-10-4-9-21-23)12-24(22-19)15-5-3-6-17(15)25/h4,7-12,15,17,25H,2-3,5-6H2,1H3/t15-,17+/m0/s1. The lowest BCUT2D eigenvalue weighted by atomic mass is 10.1. The minimum atomic E-state index is -0.376. The topological polar surface area (TPSA) is 65.1 Å². The molecule has 0 amide bonds. The lowest BCUT2D eigenvalue weighted by molar-refractivity contribution is 0.130. The van der Waals surface area contributed by atoms with Crippen LogP contribution in [0.5, 0.6) is 5.75 Å². The van der Waals surface area contributed by atoms with Crippen LogP contribution >= 0.6 is 11.6 Å². The van der Waals surface area contributed by atoms with Crippen LogP contribution in [0.25, 0.3) is 16.9 Å². The number of aliphatic hydroxyl groups is 1. The molecule has 1 saturated carbocycles. The first-order valence-electron chi connectivity index (χ1n) is 8.87. The van der Waals surface area contributed by atoms with E-state index >= 15 is 0 Å². The van der Waals surface area contributed by atoms with Crippen LogP contribution in [0, 0.1) is 0 Å². The second-order valence-corrected chi connectivity index (χ2v) is 6.87. The molecule has 1 aliphatic carbocycles. The first kappa shape index (κ1) is 17.1. The molecule has 0 aliphatic heterocycles. The predicted molar refractivity (Wildman–Crippen MR) is 99.9 cm³/mol. The maximum absolute atomic E-state index is 10.3. The number of nitrogens with zero attached hydrogens (tertiary/aromatic N) is 4. The molecular formula is C19H21ClN4O2. The monoisotopic (exact) mass is 372 g/mol. The van der Waals surface area contributed by atoms with E-state index in [1.807, 2.05) is 42.2 Å². The third kappa shape index (κ3) is 3.10. The molecule has 1 aliphatic rings. The van der Waals surface area contributed by atoms with Crippen LogP contribution < -0.4 is 4.74 Å². The van der Waals surface area contributed by atoms with E-state index in [4.69, 9.17) is 21.4 Å². The molecule has 2 atom stereocenters. The van der Waals surface area contributed by atoms with Gasteiger partial charge in [0, 0.05) is 23.0 Å². The summed E-state index contributed by atoms with van der Waals surface area (Å²) >= 11 is 6.25. The normalized spacial score (nSPS) is 19.8. The molecule has 1 aromatic carbocycles. The zero-order valence-corrected chi connectivity index (χ0v) is 15.3. The molecule has 0 bridgehead atoms. The van der Waals surface area contributed by atoms with Gasteiger partial charge in [0.25, 0.3) is 0 Å². The summed E-state index contributed by atoms with van der Waals surface area (Å²) in [5.41, 5.74) is 2.38. The molecule has 0 spiro atoms. The van der Waals surface area contributed by atoms with E-state index in [1.54, 1.807) is 16.9 Å². The number of benzene rings is 1. The summed E-state index contributed by atoms with van der Waals surface area (Å²) in [7, 11) is 0. The Bertz CT molecular complexity index is 891. The lowest BCUT2D eigenvalue weighted by Crippen LogP contribution is -2.18. The first-order valence-corrected chi connectivity index (χ1v) is 9.25. The average Bonchev–Trinajstić information content (AvgIpc) is 3.35. The number of aromatic nitrogens is 4. The van der Waals surface area contributed by atoms with Gasteiger partial charge in [-0.1, -0.05) is 11.6 Å². The van der Waals surface area contributed by atoms with Crippen LogP contribution in [-0.2, 0) is 0 Å². The van der Waals surface area contributed by atoms with Gasteiger partial charge in [0.05, 0.1) is 24.9 Å². The predicted octanol–water partition coefficient (Wildman–Crippen LogP) is 3.87. The molecule has 0 saturated heterocycles.